The van der Waals surface area contributed by atoms with Gasteiger partial charge in [-0.15, -0.1) is 11.6 Å². The van der Waals surface area contributed by atoms with Crippen LogP contribution in [0.15, 0.2) is 53.7 Å². The molecule has 2 rings (SSSR count). The summed E-state index contributed by atoms with van der Waals surface area (Å²) in [4.78, 5) is 2.66. The van der Waals surface area contributed by atoms with E-state index in [0.29, 0.717) is 5.88 Å². The Hall–Kier alpha value is -1.46. The highest BCUT2D eigenvalue weighted by Crippen LogP contribution is 2.12. The number of sulfonamides is 1. The fourth-order valence-corrected chi connectivity index (χ4v) is 2.75. The second kappa shape index (κ2) is 5.46. The van der Waals surface area contributed by atoms with Crippen molar-refractivity contribution in [1.29, 1.82) is 0 Å². The molecule has 0 unspecified atom stereocenters. The third-order valence-electron chi connectivity index (χ3n) is 2.45. The van der Waals surface area contributed by atoms with Gasteiger partial charge in [-0.1, -0.05) is 12.1 Å². The van der Waals surface area contributed by atoms with Crippen molar-refractivity contribution >= 4 is 21.6 Å². The van der Waals surface area contributed by atoms with E-state index in [1.807, 2.05) is 0 Å². The summed E-state index contributed by atoms with van der Waals surface area (Å²) in [5.74, 6) is 0.522. The summed E-state index contributed by atoms with van der Waals surface area (Å²) >= 11 is 5.63. The van der Waals surface area contributed by atoms with Crippen LogP contribution < -0.4 is 4.83 Å². The Morgan fingerprint density at radius 3 is 2.28 bits per heavy atom. The van der Waals surface area contributed by atoms with Crippen molar-refractivity contribution in [1.82, 2.24) is 4.68 Å². The van der Waals surface area contributed by atoms with E-state index >= 15 is 0 Å². The van der Waals surface area contributed by atoms with Crippen LogP contribution in [0.4, 0.5) is 0 Å². The van der Waals surface area contributed by atoms with Crippen LogP contribution in [-0.4, -0.2) is 19.0 Å². The SMILES string of the molecule is O=S(=O)(Nn1cccc1)c1ccc(CCCl)cc1. The van der Waals surface area contributed by atoms with Crippen molar-refractivity contribution in [2.24, 2.45) is 0 Å². The maximum atomic E-state index is 12.0. The summed E-state index contributed by atoms with van der Waals surface area (Å²) in [6, 6.07) is 10.2. The molecule has 0 aliphatic carbocycles. The molecule has 0 spiro atoms. The molecule has 0 atom stereocenters. The predicted molar refractivity (Wildman–Crippen MR) is 71.8 cm³/mol. The molecule has 0 saturated heterocycles. The number of alkyl halides is 1. The highest BCUT2D eigenvalue weighted by molar-refractivity contribution is 7.92. The summed E-state index contributed by atoms with van der Waals surface area (Å²) in [6.45, 7) is 0. The molecule has 1 aromatic carbocycles. The zero-order chi connectivity index (χ0) is 13.0. The maximum Gasteiger partial charge on any atom is 0.275 e. The second-order valence-corrected chi connectivity index (χ2v) is 5.81. The molecule has 1 aromatic heterocycles. The van der Waals surface area contributed by atoms with Gasteiger partial charge in [0.05, 0.1) is 4.90 Å². The van der Waals surface area contributed by atoms with E-state index in [1.165, 1.54) is 4.68 Å². The average Bonchev–Trinajstić information content (AvgIpc) is 2.82. The van der Waals surface area contributed by atoms with Gasteiger partial charge in [0.1, 0.15) is 0 Å². The van der Waals surface area contributed by atoms with Crippen molar-refractivity contribution in [2.45, 2.75) is 11.3 Å². The molecule has 18 heavy (non-hydrogen) atoms. The van der Waals surface area contributed by atoms with E-state index in [2.05, 4.69) is 4.83 Å². The Balaban J connectivity index is 2.19. The first kappa shape index (κ1) is 13.0. The van der Waals surface area contributed by atoms with E-state index in [4.69, 9.17) is 11.6 Å². The van der Waals surface area contributed by atoms with Crippen LogP contribution in [0.25, 0.3) is 0 Å². The fourth-order valence-electron chi connectivity index (χ4n) is 1.53. The standard InChI is InChI=1S/C12H13ClN2O2S/c13-8-7-11-3-5-12(6-4-11)18(16,17)14-15-9-1-2-10-15/h1-6,9-10,14H,7-8H2. The van der Waals surface area contributed by atoms with Crippen molar-refractivity contribution in [3.8, 4) is 0 Å². The minimum atomic E-state index is -3.53. The van der Waals surface area contributed by atoms with E-state index < -0.39 is 10.0 Å². The van der Waals surface area contributed by atoms with Gasteiger partial charge >= 0.3 is 0 Å². The summed E-state index contributed by atoms with van der Waals surface area (Å²) in [5.41, 5.74) is 1.02. The maximum absolute atomic E-state index is 12.0. The zero-order valence-corrected chi connectivity index (χ0v) is 11.2. The number of rotatable bonds is 5. The van der Waals surface area contributed by atoms with Gasteiger partial charge in [-0.25, -0.2) is 4.83 Å². The fraction of sp³-hybridized carbons (Fsp3) is 0.167. The monoisotopic (exact) mass is 284 g/mol. The largest absolute Gasteiger partial charge is 0.275 e. The number of aromatic nitrogens is 1. The lowest BCUT2D eigenvalue weighted by molar-refractivity contribution is 0.595. The quantitative estimate of drug-likeness (QED) is 0.856. The van der Waals surface area contributed by atoms with Crippen molar-refractivity contribution in [3.05, 3.63) is 54.4 Å². The Bertz CT molecular complexity index is 592. The minimum absolute atomic E-state index is 0.231. The first-order chi connectivity index (χ1) is 8.62. The number of aryl methyl sites for hydroxylation is 1. The molecule has 6 heteroatoms. The Kier molecular flexibility index (Phi) is 3.93. The second-order valence-electron chi connectivity index (χ2n) is 3.77. The molecule has 0 aliphatic rings. The van der Waals surface area contributed by atoms with Gasteiger partial charge in [-0.05, 0) is 36.2 Å². The Morgan fingerprint density at radius 2 is 1.72 bits per heavy atom. The zero-order valence-electron chi connectivity index (χ0n) is 9.58. The van der Waals surface area contributed by atoms with Crippen molar-refractivity contribution in [3.63, 3.8) is 0 Å². The molecule has 0 bridgehead atoms. The molecule has 0 amide bonds. The molecular weight excluding hydrogens is 272 g/mol. The highest BCUT2D eigenvalue weighted by atomic mass is 35.5. The lowest BCUT2D eigenvalue weighted by Gasteiger charge is -2.09. The van der Waals surface area contributed by atoms with Crippen molar-refractivity contribution < 1.29 is 8.42 Å². The summed E-state index contributed by atoms with van der Waals surface area (Å²) in [5, 5.41) is 0. The Morgan fingerprint density at radius 1 is 1.11 bits per heavy atom. The van der Waals surface area contributed by atoms with E-state index in [0.717, 1.165) is 12.0 Å². The van der Waals surface area contributed by atoms with E-state index in [1.54, 1.807) is 48.8 Å². The first-order valence-corrected chi connectivity index (χ1v) is 7.44. The van der Waals surface area contributed by atoms with Gasteiger partial charge in [0.2, 0.25) is 0 Å². The molecule has 0 saturated carbocycles. The number of nitrogens with zero attached hydrogens (tertiary/aromatic N) is 1. The molecular formula is C12H13ClN2O2S. The van der Waals surface area contributed by atoms with Gasteiger partial charge < -0.3 is 0 Å². The molecule has 1 heterocycles. The summed E-state index contributed by atoms with van der Waals surface area (Å²) < 4.78 is 25.4. The van der Waals surface area contributed by atoms with E-state index in [-0.39, 0.29) is 4.90 Å². The summed E-state index contributed by atoms with van der Waals surface area (Å²) in [7, 11) is -3.53. The first-order valence-electron chi connectivity index (χ1n) is 5.42. The number of hydrogen-bond acceptors (Lipinski definition) is 2. The summed E-state index contributed by atoms with van der Waals surface area (Å²) in [6.07, 6.45) is 3.98. The Labute approximate surface area is 111 Å². The van der Waals surface area contributed by atoms with Gasteiger partial charge in [0.25, 0.3) is 10.0 Å². The number of nitrogens with one attached hydrogen (secondary N) is 1. The lowest BCUT2D eigenvalue weighted by Crippen LogP contribution is -2.21. The van der Waals surface area contributed by atoms with Gasteiger partial charge in [0.15, 0.2) is 0 Å². The predicted octanol–water partition coefficient (Wildman–Crippen LogP) is 2.20. The topological polar surface area (TPSA) is 51.1 Å². The number of halogens is 1. The average molecular weight is 285 g/mol. The van der Waals surface area contributed by atoms with Crippen LogP contribution in [0.2, 0.25) is 0 Å². The van der Waals surface area contributed by atoms with Gasteiger partial charge in [-0.2, -0.15) is 8.42 Å². The van der Waals surface area contributed by atoms with Crippen LogP contribution in [0.3, 0.4) is 0 Å². The molecule has 0 radical (unpaired) electrons. The minimum Gasteiger partial charge on any atom is -0.261 e. The van der Waals surface area contributed by atoms with Crippen molar-refractivity contribution in [2.75, 3.05) is 10.7 Å². The third-order valence-corrected chi connectivity index (χ3v) is 3.98. The normalized spacial score (nSPS) is 11.4. The molecule has 1 N–H and O–H groups in total. The molecule has 0 fully saturated rings. The molecule has 2 aromatic rings. The van der Waals surface area contributed by atoms with Crippen LogP contribution in [0.1, 0.15) is 5.56 Å². The number of benzene rings is 1. The highest BCUT2D eigenvalue weighted by Gasteiger charge is 2.13. The molecule has 96 valence electrons. The third kappa shape index (κ3) is 3.05. The van der Waals surface area contributed by atoms with Crippen LogP contribution in [-0.2, 0) is 16.4 Å². The van der Waals surface area contributed by atoms with E-state index in [9.17, 15) is 8.42 Å². The van der Waals surface area contributed by atoms with Crippen LogP contribution in [0.5, 0.6) is 0 Å². The van der Waals surface area contributed by atoms with Crippen LogP contribution in [0, 0.1) is 0 Å². The number of hydrogen-bond donors (Lipinski definition) is 1. The smallest absolute Gasteiger partial charge is 0.261 e. The van der Waals surface area contributed by atoms with Gasteiger partial charge in [-0.3, -0.25) is 4.68 Å². The van der Waals surface area contributed by atoms with Gasteiger partial charge in [0, 0.05) is 18.3 Å². The lowest BCUT2D eigenvalue weighted by atomic mass is 10.2. The molecule has 4 nitrogen and oxygen atoms in total. The van der Waals surface area contributed by atoms with Crippen LogP contribution >= 0.6 is 11.6 Å². The molecule has 0 aliphatic heterocycles.